The number of nitrogens with zero attached hydrogens (tertiary/aromatic N) is 3. The molecule has 1 aromatic carbocycles. The van der Waals surface area contributed by atoms with Crippen LogP contribution in [0, 0.1) is 0 Å². The number of carbonyl (C=O) groups excluding carboxylic acids is 1. The third-order valence-corrected chi connectivity index (χ3v) is 5.87. The van der Waals surface area contributed by atoms with E-state index in [1.54, 1.807) is 11.8 Å². The van der Waals surface area contributed by atoms with Crippen molar-refractivity contribution in [2.75, 3.05) is 33.0 Å². The molecule has 140 valence electrons. The Kier molecular flexibility index (Phi) is 4.82. The highest BCUT2D eigenvalue weighted by molar-refractivity contribution is 8.14. The minimum absolute atomic E-state index is 0.0613. The number of hydrazone groups is 1. The highest BCUT2D eigenvalue weighted by Gasteiger charge is 2.29. The number of piperazine rings is 1. The number of amides is 1. The lowest BCUT2D eigenvalue weighted by Crippen LogP contribution is -2.48. The molecule has 1 amide bonds. The summed E-state index contributed by atoms with van der Waals surface area (Å²) < 4.78 is 10.9. The van der Waals surface area contributed by atoms with Gasteiger partial charge >= 0.3 is 0 Å². The maximum atomic E-state index is 11.2. The van der Waals surface area contributed by atoms with Gasteiger partial charge in [0.1, 0.15) is 0 Å². The largest absolute Gasteiger partial charge is 0.454 e. The van der Waals surface area contributed by atoms with Gasteiger partial charge in [0.15, 0.2) is 22.2 Å². The molecule has 9 heteroatoms. The quantitative estimate of drug-likeness (QED) is 0.817. The average molecular weight is 377 g/mol. The van der Waals surface area contributed by atoms with E-state index < -0.39 is 0 Å². The van der Waals surface area contributed by atoms with Crippen molar-refractivity contribution in [2.45, 2.75) is 25.4 Å². The van der Waals surface area contributed by atoms with Crippen LogP contribution in [0.2, 0.25) is 0 Å². The Morgan fingerprint density at radius 2 is 2.08 bits per heavy atom. The summed E-state index contributed by atoms with van der Waals surface area (Å²) in [5.41, 5.74) is 4.02. The number of carbonyl (C=O) groups is 1. The van der Waals surface area contributed by atoms with Gasteiger partial charge in [0, 0.05) is 39.1 Å². The van der Waals surface area contributed by atoms with E-state index in [0.29, 0.717) is 12.8 Å². The van der Waals surface area contributed by atoms with Crippen LogP contribution in [0.3, 0.4) is 0 Å². The molecule has 3 aliphatic heterocycles. The summed E-state index contributed by atoms with van der Waals surface area (Å²) in [4.78, 5) is 15.9. The number of hydrogen-bond acceptors (Lipinski definition) is 8. The standard InChI is InChI=1S/C17H23N5O3S/c1-11(13-3-4-14-15(9-13)25-10-24-14)21-5-7-22(8-6-21)17-20-19-16(26-17)18-12(2)23/h3-4,9,11,16,19H,5-8,10H2,1-2H3,(H,18,23). The van der Waals surface area contributed by atoms with Gasteiger partial charge in [0.2, 0.25) is 12.7 Å². The second-order valence-corrected chi connectivity index (χ2v) is 7.61. The molecular weight excluding hydrogens is 354 g/mol. The molecule has 0 spiro atoms. The maximum Gasteiger partial charge on any atom is 0.231 e. The van der Waals surface area contributed by atoms with E-state index >= 15 is 0 Å². The van der Waals surface area contributed by atoms with E-state index in [2.05, 4.69) is 44.7 Å². The zero-order chi connectivity index (χ0) is 18.1. The molecular formula is C17H23N5O3S. The summed E-state index contributed by atoms with van der Waals surface area (Å²) in [5.74, 6) is 1.59. The molecule has 26 heavy (non-hydrogen) atoms. The predicted octanol–water partition coefficient (Wildman–Crippen LogP) is 1.12. The minimum atomic E-state index is -0.173. The molecule has 3 aliphatic rings. The summed E-state index contributed by atoms with van der Waals surface area (Å²) in [6, 6.07) is 6.50. The molecule has 0 aromatic heterocycles. The maximum absolute atomic E-state index is 11.2. The van der Waals surface area contributed by atoms with Crippen molar-refractivity contribution in [3.8, 4) is 11.5 Å². The zero-order valence-electron chi connectivity index (χ0n) is 14.9. The summed E-state index contributed by atoms with van der Waals surface area (Å²) >= 11 is 1.55. The number of rotatable bonds is 3. The van der Waals surface area contributed by atoms with Crippen LogP contribution in [0.1, 0.15) is 25.5 Å². The van der Waals surface area contributed by atoms with Gasteiger partial charge in [-0.25, -0.2) is 0 Å². The van der Waals surface area contributed by atoms with E-state index in [1.807, 2.05) is 6.07 Å². The van der Waals surface area contributed by atoms with Crippen LogP contribution in [-0.4, -0.2) is 59.3 Å². The van der Waals surface area contributed by atoms with Crippen LogP contribution >= 0.6 is 11.8 Å². The van der Waals surface area contributed by atoms with Crippen molar-refractivity contribution < 1.29 is 14.3 Å². The van der Waals surface area contributed by atoms with Gasteiger partial charge in [0.05, 0.1) is 0 Å². The topological polar surface area (TPSA) is 78.4 Å². The van der Waals surface area contributed by atoms with Gasteiger partial charge in [-0.2, -0.15) is 5.10 Å². The van der Waals surface area contributed by atoms with Crippen LogP contribution in [0.15, 0.2) is 23.3 Å². The third-order valence-electron chi connectivity index (χ3n) is 4.85. The fraction of sp³-hybridized carbons (Fsp3) is 0.529. The summed E-state index contributed by atoms with van der Waals surface area (Å²) in [5, 5.41) is 8.12. The molecule has 1 fully saturated rings. The highest BCUT2D eigenvalue weighted by atomic mass is 32.2. The van der Waals surface area contributed by atoms with Crippen LogP contribution < -0.4 is 20.2 Å². The number of fused-ring (bicyclic) bond motifs is 1. The number of ether oxygens (including phenoxy) is 2. The smallest absolute Gasteiger partial charge is 0.231 e. The molecule has 0 saturated carbocycles. The molecule has 0 radical (unpaired) electrons. The zero-order valence-corrected chi connectivity index (χ0v) is 15.7. The minimum Gasteiger partial charge on any atom is -0.454 e. The van der Waals surface area contributed by atoms with Crippen molar-refractivity contribution in [2.24, 2.45) is 5.10 Å². The van der Waals surface area contributed by atoms with Crippen molar-refractivity contribution >= 4 is 22.8 Å². The number of amidine groups is 1. The van der Waals surface area contributed by atoms with Crippen LogP contribution in [0.4, 0.5) is 0 Å². The second kappa shape index (κ2) is 7.24. The number of nitrogens with one attached hydrogen (secondary N) is 2. The van der Waals surface area contributed by atoms with Crippen molar-refractivity contribution in [3.05, 3.63) is 23.8 Å². The molecule has 3 heterocycles. The van der Waals surface area contributed by atoms with Crippen LogP contribution in [-0.2, 0) is 4.79 Å². The Balaban J connectivity index is 1.32. The van der Waals surface area contributed by atoms with Gasteiger partial charge in [-0.15, -0.1) is 0 Å². The molecule has 4 rings (SSSR count). The lowest BCUT2D eigenvalue weighted by atomic mass is 10.1. The first kappa shape index (κ1) is 17.3. The van der Waals surface area contributed by atoms with Crippen LogP contribution in [0.5, 0.6) is 11.5 Å². The molecule has 2 unspecified atom stereocenters. The Labute approximate surface area is 156 Å². The summed E-state index contributed by atoms with van der Waals surface area (Å²) in [6.45, 7) is 7.78. The average Bonchev–Trinajstić information content (AvgIpc) is 3.29. The lowest BCUT2D eigenvalue weighted by molar-refractivity contribution is -0.119. The Morgan fingerprint density at radius 1 is 1.31 bits per heavy atom. The van der Waals surface area contributed by atoms with Gasteiger partial charge in [0.25, 0.3) is 0 Å². The van der Waals surface area contributed by atoms with Gasteiger partial charge in [-0.3, -0.25) is 15.1 Å². The van der Waals surface area contributed by atoms with Gasteiger partial charge in [-0.1, -0.05) is 6.07 Å². The van der Waals surface area contributed by atoms with E-state index in [4.69, 9.17) is 9.47 Å². The fourth-order valence-corrected chi connectivity index (χ4v) is 4.33. The fourth-order valence-electron chi connectivity index (χ4n) is 3.35. The highest BCUT2D eigenvalue weighted by Crippen LogP contribution is 2.35. The molecule has 2 atom stereocenters. The van der Waals surface area contributed by atoms with Crippen molar-refractivity contribution in [1.82, 2.24) is 20.5 Å². The second-order valence-electron chi connectivity index (χ2n) is 6.53. The van der Waals surface area contributed by atoms with E-state index in [9.17, 15) is 4.79 Å². The van der Waals surface area contributed by atoms with Gasteiger partial charge in [-0.05, 0) is 36.4 Å². The SMILES string of the molecule is CC(=O)NC1NN=C(N2CCN(C(C)c3ccc4c(c3)OCO4)CC2)S1. The molecule has 1 saturated heterocycles. The monoisotopic (exact) mass is 377 g/mol. The van der Waals surface area contributed by atoms with Crippen molar-refractivity contribution in [3.63, 3.8) is 0 Å². The van der Waals surface area contributed by atoms with Crippen LogP contribution in [0.25, 0.3) is 0 Å². The normalized spacial score (nSPS) is 23.4. The molecule has 8 nitrogen and oxygen atoms in total. The third kappa shape index (κ3) is 3.54. The Morgan fingerprint density at radius 3 is 2.85 bits per heavy atom. The predicted molar refractivity (Wildman–Crippen MR) is 99.9 cm³/mol. The first-order valence-corrected chi connectivity index (χ1v) is 9.63. The number of hydrogen-bond donors (Lipinski definition) is 2. The lowest BCUT2D eigenvalue weighted by Gasteiger charge is -2.38. The Bertz CT molecular complexity index is 720. The van der Waals surface area contributed by atoms with Gasteiger partial charge < -0.3 is 19.7 Å². The van der Waals surface area contributed by atoms with E-state index in [1.165, 1.54) is 12.5 Å². The summed E-state index contributed by atoms with van der Waals surface area (Å²) in [6.07, 6.45) is 0. The van der Waals surface area contributed by atoms with E-state index in [-0.39, 0.29) is 11.4 Å². The van der Waals surface area contributed by atoms with Crippen molar-refractivity contribution in [1.29, 1.82) is 0 Å². The number of thioether (sulfide) groups is 1. The number of benzene rings is 1. The van der Waals surface area contributed by atoms with E-state index in [0.717, 1.165) is 42.8 Å². The first-order valence-electron chi connectivity index (χ1n) is 8.75. The molecule has 0 bridgehead atoms. The first-order chi connectivity index (χ1) is 12.6. The summed E-state index contributed by atoms with van der Waals surface area (Å²) in [7, 11) is 0. The molecule has 1 aromatic rings. The Hall–Kier alpha value is -2.13. The molecule has 0 aliphatic carbocycles. The molecule has 2 N–H and O–H groups in total.